The van der Waals surface area contributed by atoms with Crippen LogP contribution in [0, 0.1) is 0 Å². The van der Waals surface area contributed by atoms with Gasteiger partial charge >= 0.3 is 0 Å². The Hall–Kier alpha value is -2.40. The van der Waals surface area contributed by atoms with E-state index in [-0.39, 0.29) is 0 Å². The summed E-state index contributed by atoms with van der Waals surface area (Å²) in [5, 5.41) is 5.05. The van der Waals surface area contributed by atoms with Crippen LogP contribution >= 0.6 is 11.6 Å². The molecule has 0 unspecified atom stereocenters. The standard InChI is InChI=1S/C17H19ClN2O3/c1-11(19-20-14-7-5-13(18)6-8-14)12-9-15(21-2)17(23-4)16(10-12)22-3/h5-10,20H,1-4H3. The zero-order valence-corrected chi connectivity index (χ0v) is 14.3. The first-order valence-electron chi connectivity index (χ1n) is 6.95. The van der Waals surface area contributed by atoms with Gasteiger partial charge in [0.25, 0.3) is 0 Å². The van der Waals surface area contributed by atoms with E-state index in [1.807, 2.05) is 31.2 Å². The summed E-state index contributed by atoms with van der Waals surface area (Å²) in [7, 11) is 4.74. The number of hydrazone groups is 1. The highest BCUT2D eigenvalue weighted by atomic mass is 35.5. The highest BCUT2D eigenvalue weighted by Crippen LogP contribution is 2.38. The third-order valence-electron chi connectivity index (χ3n) is 3.28. The van der Waals surface area contributed by atoms with Crippen molar-refractivity contribution >= 4 is 23.0 Å². The first kappa shape index (κ1) is 17.0. The highest BCUT2D eigenvalue weighted by Gasteiger charge is 2.14. The number of hydrogen-bond acceptors (Lipinski definition) is 5. The number of halogens is 1. The second-order valence-electron chi connectivity index (χ2n) is 4.73. The Balaban J connectivity index is 2.29. The van der Waals surface area contributed by atoms with Gasteiger partial charge in [-0.05, 0) is 43.3 Å². The van der Waals surface area contributed by atoms with Gasteiger partial charge in [-0.2, -0.15) is 5.10 Å². The van der Waals surface area contributed by atoms with E-state index < -0.39 is 0 Å². The van der Waals surface area contributed by atoms with Gasteiger partial charge in [-0.25, -0.2) is 0 Å². The molecule has 0 bridgehead atoms. The SMILES string of the molecule is COc1cc(C(C)=NNc2ccc(Cl)cc2)cc(OC)c1OC. The summed E-state index contributed by atoms with van der Waals surface area (Å²) in [4.78, 5) is 0. The zero-order chi connectivity index (χ0) is 16.8. The van der Waals surface area contributed by atoms with E-state index in [9.17, 15) is 0 Å². The molecule has 0 saturated carbocycles. The maximum absolute atomic E-state index is 5.86. The average Bonchev–Trinajstić information content (AvgIpc) is 2.59. The molecule has 2 aromatic rings. The first-order valence-corrected chi connectivity index (χ1v) is 7.33. The van der Waals surface area contributed by atoms with Gasteiger partial charge in [-0.3, -0.25) is 5.43 Å². The molecule has 0 saturated heterocycles. The van der Waals surface area contributed by atoms with Gasteiger partial charge in [-0.1, -0.05) is 11.6 Å². The van der Waals surface area contributed by atoms with E-state index >= 15 is 0 Å². The van der Waals surface area contributed by atoms with Gasteiger partial charge in [0.05, 0.1) is 32.7 Å². The maximum Gasteiger partial charge on any atom is 0.203 e. The van der Waals surface area contributed by atoms with E-state index in [2.05, 4.69) is 10.5 Å². The molecule has 0 amide bonds. The van der Waals surface area contributed by atoms with E-state index in [4.69, 9.17) is 25.8 Å². The van der Waals surface area contributed by atoms with Crippen molar-refractivity contribution in [1.82, 2.24) is 0 Å². The van der Waals surface area contributed by atoms with E-state index in [0.29, 0.717) is 22.3 Å². The molecule has 0 aromatic heterocycles. The molecule has 5 nitrogen and oxygen atoms in total. The minimum atomic E-state index is 0.553. The smallest absolute Gasteiger partial charge is 0.203 e. The van der Waals surface area contributed by atoms with Crippen molar-refractivity contribution < 1.29 is 14.2 Å². The number of nitrogens with zero attached hydrogens (tertiary/aromatic N) is 1. The molecule has 0 spiro atoms. The van der Waals surface area contributed by atoms with Crippen LogP contribution in [0.25, 0.3) is 0 Å². The summed E-state index contributed by atoms with van der Waals surface area (Å²) in [6.45, 7) is 1.89. The van der Waals surface area contributed by atoms with E-state index in [1.165, 1.54) is 0 Å². The fourth-order valence-corrected chi connectivity index (χ4v) is 2.15. The molecule has 0 radical (unpaired) electrons. The van der Waals surface area contributed by atoms with Gasteiger partial charge in [-0.15, -0.1) is 0 Å². The fraction of sp³-hybridized carbons (Fsp3) is 0.235. The molecule has 2 aromatic carbocycles. The van der Waals surface area contributed by atoms with Crippen molar-refractivity contribution in [2.45, 2.75) is 6.92 Å². The summed E-state index contributed by atoms with van der Waals surface area (Å²) in [5.74, 6) is 1.72. The quantitative estimate of drug-likeness (QED) is 0.635. The number of rotatable bonds is 6. The summed E-state index contributed by atoms with van der Waals surface area (Å²) in [6, 6.07) is 11.0. The molecule has 0 aliphatic carbocycles. The Kier molecular flexibility index (Phi) is 5.71. The summed E-state index contributed by atoms with van der Waals surface area (Å²) >= 11 is 5.86. The predicted octanol–water partition coefficient (Wildman–Crippen LogP) is 4.20. The van der Waals surface area contributed by atoms with Crippen molar-refractivity contribution in [3.8, 4) is 17.2 Å². The fourth-order valence-electron chi connectivity index (χ4n) is 2.03. The topological polar surface area (TPSA) is 52.1 Å². The van der Waals surface area contributed by atoms with Crippen molar-refractivity contribution in [3.63, 3.8) is 0 Å². The molecule has 23 heavy (non-hydrogen) atoms. The van der Waals surface area contributed by atoms with Gasteiger partial charge in [0.1, 0.15) is 0 Å². The van der Waals surface area contributed by atoms with Crippen molar-refractivity contribution in [2.75, 3.05) is 26.8 Å². The summed E-state index contributed by atoms with van der Waals surface area (Å²) in [5.41, 5.74) is 5.48. The van der Waals surface area contributed by atoms with Crippen LogP contribution in [0.5, 0.6) is 17.2 Å². The molecule has 0 heterocycles. The lowest BCUT2D eigenvalue weighted by Gasteiger charge is -2.14. The van der Waals surface area contributed by atoms with Gasteiger partial charge < -0.3 is 14.2 Å². The highest BCUT2D eigenvalue weighted by molar-refractivity contribution is 6.30. The van der Waals surface area contributed by atoms with Crippen LogP contribution in [-0.4, -0.2) is 27.0 Å². The Bertz CT molecular complexity index is 674. The monoisotopic (exact) mass is 334 g/mol. The van der Waals surface area contributed by atoms with Crippen molar-refractivity contribution in [2.24, 2.45) is 5.10 Å². The third-order valence-corrected chi connectivity index (χ3v) is 3.53. The zero-order valence-electron chi connectivity index (χ0n) is 13.5. The second-order valence-corrected chi connectivity index (χ2v) is 5.17. The van der Waals surface area contributed by atoms with Crippen LogP contribution in [-0.2, 0) is 0 Å². The Morgan fingerprint density at radius 1 is 0.957 bits per heavy atom. The molecule has 0 aliphatic heterocycles. The molecular weight excluding hydrogens is 316 g/mol. The van der Waals surface area contributed by atoms with Gasteiger partial charge in [0.15, 0.2) is 11.5 Å². The third kappa shape index (κ3) is 4.07. The number of nitrogens with one attached hydrogen (secondary N) is 1. The van der Waals surface area contributed by atoms with Crippen molar-refractivity contribution in [1.29, 1.82) is 0 Å². The number of benzene rings is 2. The number of anilines is 1. The van der Waals surface area contributed by atoms with Gasteiger partial charge in [0, 0.05) is 10.6 Å². The number of ether oxygens (including phenoxy) is 3. The molecular formula is C17H19ClN2O3. The van der Waals surface area contributed by atoms with Crippen LogP contribution in [0.4, 0.5) is 5.69 Å². The molecule has 1 N–H and O–H groups in total. The van der Waals surface area contributed by atoms with Crippen LogP contribution in [0.15, 0.2) is 41.5 Å². The lowest BCUT2D eigenvalue weighted by atomic mass is 10.1. The molecule has 0 atom stereocenters. The second kappa shape index (κ2) is 7.74. The van der Waals surface area contributed by atoms with Crippen LogP contribution in [0.2, 0.25) is 5.02 Å². The van der Waals surface area contributed by atoms with Gasteiger partial charge in [0.2, 0.25) is 5.75 Å². The normalized spacial score (nSPS) is 11.1. The molecule has 0 fully saturated rings. The lowest BCUT2D eigenvalue weighted by Crippen LogP contribution is -2.03. The average molecular weight is 335 g/mol. The molecule has 2 rings (SSSR count). The van der Waals surface area contributed by atoms with Crippen LogP contribution < -0.4 is 19.6 Å². The largest absolute Gasteiger partial charge is 0.493 e. The Labute approximate surface area is 140 Å². The first-order chi connectivity index (χ1) is 11.1. The minimum absolute atomic E-state index is 0.553. The van der Waals surface area contributed by atoms with E-state index in [0.717, 1.165) is 17.0 Å². The predicted molar refractivity (Wildman–Crippen MR) is 93.4 cm³/mol. The summed E-state index contributed by atoms with van der Waals surface area (Å²) in [6.07, 6.45) is 0. The molecule has 6 heteroatoms. The summed E-state index contributed by atoms with van der Waals surface area (Å²) < 4.78 is 16.0. The number of hydrogen-bond donors (Lipinski definition) is 1. The molecule has 122 valence electrons. The lowest BCUT2D eigenvalue weighted by molar-refractivity contribution is 0.324. The Morgan fingerprint density at radius 3 is 2.00 bits per heavy atom. The Morgan fingerprint density at radius 2 is 1.52 bits per heavy atom. The van der Waals surface area contributed by atoms with E-state index in [1.54, 1.807) is 33.5 Å². The minimum Gasteiger partial charge on any atom is -0.493 e. The van der Waals surface area contributed by atoms with Crippen molar-refractivity contribution in [3.05, 3.63) is 47.0 Å². The molecule has 0 aliphatic rings. The maximum atomic E-state index is 5.86. The van der Waals surface area contributed by atoms with Crippen LogP contribution in [0.1, 0.15) is 12.5 Å². The number of methoxy groups -OCH3 is 3. The van der Waals surface area contributed by atoms with Crippen LogP contribution in [0.3, 0.4) is 0 Å².